The van der Waals surface area contributed by atoms with Crippen molar-refractivity contribution in [2.75, 3.05) is 100 Å². The van der Waals surface area contributed by atoms with Crippen molar-refractivity contribution in [3.63, 3.8) is 0 Å². The Kier molecular flexibility index (Phi) is 22.0. The molecule has 18 heteroatoms. The Labute approximate surface area is 563 Å². The van der Waals surface area contributed by atoms with Crippen LogP contribution in [0.5, 0.6) is 0 Å². The molecule has 10 heterocycles. The minimum atomic E-state index is -0.529. The van der Waals surface area contributed by atoms with Gasteiger partial charge in [-0.15, -0.1) is 0 Å². The highest BCUT2D eigenvalue weighted by Crippen LogP contribution is 2.36. The number of ether oxygens (including phenoxy) is 1. The van der Waals surface area contributed by atoms with Gasteiger partial charge < -0.3 is 69.2 Å². The van der Waals surface area contributed by atoms with Gasteiger partial charge in [0.05, 0.1) is 17.9 Å². The largest absolute Gasteiger partial charge is 0.444 e. The molecule has 18 nitrogen and oxygen atoms in total. The second kappa shape index (κ2) is 30.3. The van der Waals surface area contributed by atoms with Gasteiger partial charge in [-0.05, 0) is 180 Å². The van der Waals surface area contributed by atoms with Gasteiger partial charge in [0.15, 0.2) is 0 Å². The van der Waals surface area contributed by atoms with Crippen LogP contribution in [0, 0.1) is 50.9 Å². The molecule has 0 bridgehead atoms. The molecule has 95 heavy (non-hydrogen) atoms. The fourth-order valence-corrected chi connectivity index (χ4v) is 15.6. The van der Waals surface area contributed by atoms with Gasteiger partial charge in [0, 0.05) is 203 Å². The van der Waals surface area contributed by atoms with E-state index in [1.807, 2.05) is 20.8 Å². The minimum Gasteiger partial charge on any atom is -0.444 e. The van der Waals surface area contributed by atoms with Crippen LogP contribution in [0.4, 0.5) is 4.79 Å². The summed E-state index contributed by atoms with van der Waals surface area (Å²) in [5.41, 5.74) is 27.1. The first kappa shape index (κ1) is 68.9. The zero-order valence-corrected chi connectivity index (χ0v) is 58.9. The molecule has 508 valence electrons. The Balaban J connectivity index is 0.000000133. The van der Waals surface area contributed by atoms with Gasteiger partial charge in [-0.1, -0.05) is 46.5 Å². The summed E-state index contributed by atoms with van der Waals surface area (Å²) in [6.07, 6.45) is 7.69. The Morgan fingerprint density at radius 2 is 0.926 bits per heavy atom. The number of hydrogen-bond donors (Lipinski definition) is 4. The number of amides is 3. The third kappa shape index (κ3) is 15.8. The predicted molar refractivity (Wildman–Crippen MR) is 384 cm³/mol. The van der Waals surface area contributed by atoms with Crippen LogP contribution in [0.25, 0.3) is 43.6 Å². The van der Waals surface area contributed by atoms with E-state index in [4.69, 9.17) is 15.7 Å². The first-order valence-electron chi connectivity index (χ1n) is 35.1. The van der Waals surface area contributed by atoms with E-state index in [1.165, 1.54) is 111 Å². The van der Waals surface area contributed by atoms with Gasteiger partial charge in [-0.2, -0.15) is 5.26 Å². The minimum absolute atomic E-state index is 0.0316. The van der Waals surface area contributed by atoms with Crippen molar-refractivity contribution in [1.82, 2.24) is 58.7 Å². The number of rotatable bonds is 11. The number of nitrogens with two attached hydrogens (primary N) is 1. The lowest BCUT2D eigenvalue weighted by atomic mass is 9.97. The summed E-state index contributed by atoms with van der Waals surface area (Å²) in [4.78, 5) is 48.9. The molecule has 2 fully saturated rings. The highest BCUT2D eigenvalue weighted by Gasteiger charge is 2.32. The van der Waals surface area contributed by atoms with Crippen molar-refractivity contribution in [1.29, 1.82) is 5.26 Å². The number of hydrogen-bond acceptors (Lipinski definition) is 11. The van der Waals surface area contributed by atoms with Gasteiger partial charge >= 0.3 is 6.09 Å². The molecule has 4 aromatic carbocycles. The van der Waals surface area contributed by atoms with Crippen molar-refractivity contribution in [2.24, 2.45) is 17.6 Å². The fraction of sp³-hybridized carbons (Fsp3) is 0.532. The number of likely N-dealkylation sites (tertiary alicyclic amines) is 1. The third-order valence-electron chi connectivity index (χ3n) is 20.4. The second-order valence-electron chi connectivity index (χ2n) is 29.1. The molecule has 3 amide bonds. The van der Waals surface area contributed by atoms with E-state index in [9.17, 15) is 14.4 Å². The summed E-state index contributed by atoms with van der Waals surface area (Å²) in [6.45, 7) is 30.5. The molecule has 6 aliphatic heterocycles. The number of nitrogens with one attached hydrogen (secondary N) is 3. The van der Waals surface area contributed by atoms with Crippen LogP contribution >= 0.6 is 0 Å². The molecule has 2 unspecified atom stereocenters. The molecular formula is C77H106N14O4. The van der Waals surface area contributed by atoms with E-state index in [0.717, 1.165) is 136 Å². The number of benzene rings is 4. The molecule has 5 N–H and O–H groups in total. The molecule has 0 aliphatic carbocycles. The van der Waals surface area contributed by atoms with Crippen LogP contribution in [-0.2, 0) is 92.4 Å². The molecule has 0 saturated carbocycles. The summed E-state index contributed by atoms with van der Waals surface area (Å²) in [5.74, 6) is 0.190. The summed E-state index contributed by atoms with van der Waals surface area (Å²) in [6, 6.07) is 29.0. The SMILES string of the molecule is Cc1ccc2c(c1)c1c(n2CC#N)CCN(C)C1.Cc1ccc2c(c1)c1c(n2CCN)CCN(C)C1.Cc1ccc2c(c1)c1c(n2CCNC(=O)C2CCCN(C(=O)OC(C)(C)C)C2)CCN(C)C1.Cc1ccc2c(c1)c1c(n2CCNC(=O)C2CCCNC2)CCN(C)C1. The highest BCUT2D eigenvalue weighted by molar-refractivity contribution is 5.89. The first-order valence-corrected chi connectivity index (χ1v) is 35.1. The number of piperidine rings is 2. The maximum absolute atomic E-state index is 12.9. The lowest BCUT2D eigenvalue weighted by Gasteiger charge is -2.33. The number of fused-ring (bicyclic) bond motifs is 12. The van der Waals surface area contributed by atoms with Crippen molar-refractivity contribution in [2.45, 2.75) is 158 Å². The maximum Gasteiger partial charge on any atom is 0.410 e. The van der Waals surface area contributed by atoms with Crippen molar-refractivity contribution >= 4 is 61.5 Å². The summed E-state index contributed by atoms with van der Waals surface area (Å²) in [7, 11) is 8.73. The van der Waals surface area contributed by atoms with Crippen molar-refractivity contribution in [3.8, 4) is 6.07 Å². The van der Waals surface area contributed by atoms with Crippen LogP contribution in [0.2, 0.25) is 0 Å². The number of carbonyl (C=O) groups excluding carboxylic acids is 3. The number of nitrogens with zero attached hydrogens (tertiary/aromatic N) is 10. The molecule has 2 atom stereocenters. The predicted octanol–water partition coefficient (Wildman–Crippen LogP) is 10.1. The highest BCUT2D eigenvalue weighted by atomic mass is 16.6. The van der Waals surface area contributed by atoms with Gasteiger partial charge in [0.1, 0.15) is 12.1 Å². The second-order valence-corrected chi connectivity index (χ2v) is 29.1. The summed E-state index contributed by atoms with van der Waals surface area (Å²) < 4.78 is 14.9. The van der Waals surface area contributed by atoms with Crippen LogP contribution < -0.4 is 21.7 Å². The van der Waals surface area contributed by atoms with Crippen LogP contribution in [0.3, 0.4) is 0 Å². The lowest BCUT2D eigenvalue weighted by molar-refractivity contribution is -0.127. The van der Waals surface area contributed by atoms with E-state index in [1.54, 1.807) is 4.90 Å². The van der Waals surface area contributed by atoms with Crippen molar-refractivity contribution in [3.05, 3.63) is 140 Å². The van der Waals surface area contributed by atoms with Gasteiger partial charge in [0.25, 0.3) is 0 Å². The smallest absolute Gasteiger partial charge is 0.410 e. The average molecular weight is 1290 g/mol. The first-order chi connectivity index (χ1) is 45.7. The maximum atomic E-state index is 12.9. The van der Waals surface area contributed by atoms with Gasteiger partial charge in [-0.3, -0.25) is 9.59 Å². The number of likely N-dealkylation sites (N-methyl/N-ethyl adjacent to an activating group) is 4. The summed E-state index contributed by atoms with van der Waals surface area (Å²) >= 11 is 0. The zero-order chi connectivity index (χ0) is 67.2. The van der Waals surface area contributed by atoms with E-state index in [2.05, 4.69) is 189 Å². The van der Waals surface area contributed by atoms with Crippen LogP contribution in [0.15, 0.2) is 72.8 Å². The quantitative estimate of drug-likeness (QED) is 0.0968. The third-order valence-corrected chi connectivity index (χ3v) is 20.4. The number of aromatic nitrogens is 4. The Morgan fingerprint density at radius 3 is 1.31 bits per heavy atom. The van der Waals surface area contributed by atoms with E-state index in [-0.39, 0.29) is 29.7 Å². The summed E-state index contributed by atoms with van der Waals surface area (Å²) in [5, 5.41) is 24.1. The Morgan fingerprint density at radius 1 is 0.547 bits per heavy atom. The Hall–Kier alpha value is -7.50. The van der Waals surface area contributed by atoms with Crippen LogP contribution in [0.1, 0.15) is 114 Å². The molecule has 2 saturated heterocycles. The Bertz CT molecular complexity index is 4110. The molecule has 0 radical (unpaired) electrons. The normalized spacial score (nSPS) is 18.5. The average Bonchev–Trinajstić information content (AvgIpc) is 1.64. The van der Waals surface area contributed by atoms with E-state index >= 15 is 0 Å². The van der Waals surface area contributed by atoms with Crippen LogP contribution in [-0.4, -0.2) is 166 Å². The zero-order valence-electron chi connectivity index (χ0n) is 58.9. The molecule has 8 aromatic rings. The lowest BCUT2D eigenvalue weighted by Crippen LogP contribution is -2.47. The number of aryl methyl sites for hydroxylation is 4. The van der Waals surface area contributed by atoms with E-state index in [0.29, 0.717) is 39.3 Å². The number of carbonyl (C=O) groups is 3. The molecule has 14 rings (SSSR count). The topological polar surface area (TPSA) is 182 Å². The monoisotopic (exact) mass is 1290 g/mol. The van der Waals surface area contributed by atoms with Gasteiger partial charge in [0.2, 0.25) is 11.8 Å². The van der Waals surface area contributed by atoms with Gasteiger partial charge in [-0.25, -0.2) is 4.79 Å². The number of nitriles is 1. The van der Waals surface area contributed by atoms with Crippen molar-refractivity contribution < 1.29 is 19.1 Å². The molecular weight excluding hydrogens is 1180 g/mol. The molecule has 6 aliphatic rings. The van der Waals surface area contributed by atoms with E-state index < -0.39 is 5.60 Å². The standard InChI is InChI=1S/C26H38N4O3.C21H30N4O.C15H21N3.C15H17N3/c1-18-8-9-22-20(15-18)21-17-28(5)13-10-23(21)30(22)14-11-27-24(31)19-7-6-12-29(16-19)25(32)33-26(2,3)4;1-15-5-6-19-17(12-15)18-14-24(2)10-7-20(18)25(19)11-9-23-21(26)16-4-3-8-22-13-16;2*1-11-3-4-14-12(9-11)13-10-17(2)7-5-15(13)18(14)8-6-16/h8-9,15,19H,6-7,10-14,16-17H2,1-5H3,(H,27,31);5-6,12,16,22H,3-4,7-11,13-14H2,1-2H3,(H,23,26);3-4,9H,5-8,10,16H2,1-2H3;3-4,9H,5,7-8,10H2,1-2H3. The molecule has 4 aromatic heterocycles. The fourth-order valence-electron chi connectivity index (χ4n) is 15.6. The molecule has 0 spiro atoms.